The molecule has 5 rings (SSSR count). The number of hydrogen-bond donors (Lipinski definition) is 1. The number of nitrogens with zero attached hydrogens (tertiary/aromatic N) is 5. The van der Waals surface area contributed by atoms with Gasteiger partial charge in [-0.2, -0.15) is 0 Å². The van der Waals surface area contributed by atoms with Crippen LogP contribution in [0.3, 0.4) is 0 Å². The summed E-state index contributed by atoms with van der Waals surface area (Å²) >= 11 is 0. The van der Waals surface area contributed by atoms with Gasteiger partial charge in [0.05, 0.1) is 30.5 Å². The third kappa shape index (κ3) is 3.59. The molecule has 8 heteroatoms. The van der Waals surface area contributed by atoms with Crippen LogP contribution in [-0.2, 0) is 0 Å². The van der Waals surface area contributed by atoms with Crippen LogP contribution in [0.2, 0.25) is 0 Å². The highest BCUT2D eigenvalue weighted by Gasteiger charge is 2.12. The van der Waals surface area contributed by atoms with Gasteiger partial charge in [-0.05, 0) is 43.3 Å². The predicted octanol–water partition coefficient (Wildman–Crippen LogP) is 4.78. The van der Waals surface area contributed by atoms with E-state index in [1.807, 2.05) is 52.7 Å². The Morgan fingerprint density at radius 3 is 2.61 bits per heavy atom. The van der Waals surface area contributed by atoms with Crippen LogP contribution in [0.1, 0.15) is 5.69 Å². The van der Waals surface area contributed by atoms with Gasteiger partial charge < -0.3 is 19.0 Å². The number of imidazole rings is 2. The van der Waals surface area contributed by atoms with E-state index in [1.165, 1.54) is 12.1 Å². The number of nitrogens with one attached hydrogen (secondary N) is 1. The molecule has 2 aromatic carbocycles. The van der Waals surface area contributed by atoms with Crippen molar-refractivity contribution in [3.63, 3.8) is 0 Å². The summed E-state index contributed by atoms with van der Waals surface area (Å²) in [5.74, 6) is 1.02. The van der Waals surface area contributed by atoms with E-state index in [-0.39, 0.29) is 5.82 Å². The molecule has 7 nitrogen and oxygen atoms in total. The van der Waals surface area contributed by atoms with Crippen molar-refractivity contribution >= 4 is 17.2 Å². The minimum Gasteiger partial charge on any atom is -0.494 e. The molecule has 3 heterocycles. The van der Waals surface area contributed by atoms with E-state index in [0.29, 0.717) is 17.2 Å². The van der Waals surface area contributed by atoms with Gasteiger partial charge in [0.25, 0.3) is 0 Å². The van der Waals surface area contributed by atoms with Crippen molar-refractivity contribution in [2.24, 2.45) is 0 Å². The van der Waals surface area contributed by atoms with Crippen LogP contribution in [-0.4, -0.2) is 31.0 Å². The maximum Gasteiger partial charge on any atom is 0.181 e. The number of aromatic nitrogens is 5. The first-order valence-corrected chi connectivity index (χ1v) is 9.66. The van der Waals surface area contributed by atoms with Crippen molar-refractivity contribution in [1.82, 2.24) is 23.9 Å². The third-order valence-corrected chi connectivity index (χ3v) is 4.95. The highest BCUT2D eigenvalue weighted by Crippen LogP contribution is 2.29. The summed E-state index contributed by atoms with van der Waals surface area (Å²) in [5, 5.41) is 3.32. The first-order chi connectivity index (χ1) is 15.1. The Morgan fingerprint density at radius 1 is 1.03 bits per heavy atom. The zero-order chi connectivity index (χ0) is 21.4. The van der Waals surface area contributed by atoms with Crippen LogP contribution >= 0.6 is 0 Å². The second kappa shape index (κ2) is 7.56. The maximum atomic E-state index is 13.3. The van der Waals surface area contributed by atoms with E-state index < -0.39 is 0 Å². The van der Waals surface area contributed by atoms with Gasteiger partial charge in [0.15, 0.2) is 11.5 Å². The van der Waals surface area contributed by atoms with E-state index >= 15 is 0 Å². The number of benzene rings is 2. The normalized spacial score (nSPS) is 11.1. The average Bonchev–Trinajstić information content (AvgIpc) is 3.41. The Labute approximate surface area is 177 Å². The minimum absolute atomic E-state index is 0.278. The molecular weight excluding hydrogens is 395 g/mol. The molecule has 154 valence electrons. The van der Waals surface area contributed by atoms with Crippen molar-refractivity contribution in [3.8, 4) is 22.7 Å². The smallest absolute Gasteiger partial charge is 0.181 e. The summed E-state index contributed by atoms with van der Waals surface area (Å²) < 4.78 is 22.6. The molecule has 0 fully saturated rings. The van der Waals surface area contributed by atoms with Crippen LogP contribution in [0.4, 0.5) is 15.9 Å². The molecular formula is C23H19FN6O. The van der Waals surface area contributed by atoms with Gasteiger partial charge >= 0.3 is 0 Å². The van der Waals surface area contributed by atoms with Gasteiger partial charge in [-0.3, -0.25) is 0 Å². The molecule has 0 saturated carbocycles. The summed E-state index contributed by atoms with van der Waals surface area (Å²) in [4.78, 5) is 13.4. The van der Waals surface area contributed by atoms with Crippen LogP contribution in [0, 0.1) is 12.7 Å². The van der Waals surface area contributed by atoms with E-state index in [9.17, 15) is 4.39 Å². The molecule has 5 aromatic rings. The van der Waals surface area contributed by atoms with Crippen molar-refractivity contribution in [3.05, 3.63) is 85.1 Å². The lowest BCUT2D eigenvalue weighted by Crippen LogP contribution is -2.00. The fraction of sp³-hybridized carbons (Fsp3) is 0.0870. The molecule has 0 bridgehead atoms. The van der Waals surface area contributed by atoms with Gasteiger partial charge in [-0.25, -0.2) is 19.3 Å². The van der Waals surface area contributed by atoms with Gasteiger partial charge in [0, 0.05) is 42.1 Å². The Morgan fingerprint density at radius 2 is 1.87 bits per heavy atom. The Hall–Kier alpha value is -4.20. The molecule has 0 amide bonds. The van der Waals surface area contributed by atoms with E-state index in [4.69, 9.17) is 9.72 Å². The lowest BCUT2D eigenvalue weighted by Gasteiger charge is -2.12. The number of aryl methyl sites for hydroxylation is 1. The minimum atomic E-state index is -0.278. The molecule has 0 radical (unpaired) electrons. The molecule has 3 aromatic heterocycles. The maximum absolute atomic E-state index is 13.3. The summed E-state index contributed by atoms with van der Waals surface area (Å²) in [6.45, 7) is 1.94. The van der Waals surface area contributed by atoms with E-state index in [0.717, 1.165) is 28.3 Å². The zero-order valence-corrected chi connectivity index (χ0v) is 17.0. The Kier molecular flexibility index (Phi) is 4.59. The van der Waals surface area contributed by atoms with E-state index in [1.54, 1.807) is 31.8 Å². The topological polar surface area (TPSA) is 69.3 Å². The molecule has 0 unspecified atom stereocenters. The van der Waals surface area contributed by atoms with Crippen LogP contribution < -0.4 is 10.1 Å². The lowest BCUT2D eigenvalue weighted by atomic mass is 10.2. The number of methoxy groups -OCH3 is 1. The van der Waals surface area contributed by atoms with Crippen LogP contribution in [0.5, 0.6) is 5.75 Å². The number of ether oxygens (including phenoxy) is 1. The SMILES string of the molecule is COc1cc(Nc2nccn3cc(-c4ccc(F)cc4)nc23)ccc1-n1cnc(C)c1. The molecule has 0 atom stereocenters. The van der Waals surface area contributed by atoms with Crippen LogP contribution in [0.25, 0.3) is 22.6 Å². The predicted molar refractivity (Wildman–Crippen MR) is 117 cm³/mol. The van der Waals surface area contributed by atoms with Crippen LogP contribution in [0.15, 0.2) is 73.6 Å². The standard InChI is InChI=1S/C23H19FN6O/c1-15-12-30(14-26-15)20-8-7-18(11-21(20)31-2)27-22-23-28-19(13-29(23)10-9-25-22)16-3-5-17(24)6-4-16/h3-14H,1-2H3,(H,25,27). The van der Waals surface area contributed by atoms with Crippen molar-refractivity contribution < 1.29 is 9.13 Å². The van der Waals surface area contributed by atoms with Gasteiger partial charge in [0.1, 0.15) is 11.6 Å². The highest BCUT2D eigenvalue weighted by atomic mass is 19.1. The monoisotopic (exact) mass is 414 g/mol. The largest absolute Gasteiger partial charge is 0.494 e. The molecule has 0 saturated heterocycles. The zero-order valence-electron chi connectivity index (χ0n) is 17.0. The fourth-order valence-electron chi connectivity index (χ4n) is 3.43. The van der Waals surface area contributed by atoms with Gasteiger partial charge in [0.2, 0.25) is 0 Å². The number of rotatable bonds is 5. The molecule has 0 aliphatic heterocycles. The average molecular weight is 414 g/mol. The van der Waals surface area contributed by atoms with Crippen molar-refractivity contribution in [2.45, 2.75) is 6.92 Å². The van der Waals surface area contributed by atoms with E-state index in [2.05, 4.69) is 15.3 Å². The number of halogens is 1. The lowest BCUT2D eigenvalue weighted by molar-refractivity contribution is 0.413. The molecule has 1 N–H and O–H groups in total. The second-order valence-corrected chi connectivity index (χ2v) is 7.07. The first kappa shape index (κ1) is 18.8. The molecule has 0 spiro atoms. The van der Waals surface area contributed by atoms with Gasteiger partial charge in [-0.1, -0.05) is 0 Å². The van der Waals surface area contributed by atoms with Gasteiger partial charge in [-0.15, -0.1) is 0 Å². The Bertz CT molecular complexity index is 1370. The molecule has 0 aliphatic rings. The fourth-order valence-corrected chi connectivity index (χ4v) is 3.43. The van der Waals surface area contributed by atoms with Crippen molar-refractivity contribution in [1.29, 1.82) is 0 Å². The molecule has 31 heavy (non-hydrogen) atoms. The van der Waals surface area contributed by atoms with Crippen molar-refractivity contribution in [2.75, 3.05) is 12.4 Å². The Balaban J connectivity index is 1.49. The quantitative estimate of drug-likeness (QED) is 0.448. The highest BCUT2D eigenvalue weighted by molar-refractivity contribution is 5.74. The molecule has 0 aliphatic carbocycles. The summed E-state index contributed by atoms with van der Waals surface area (Å²) in [7, 11) is 1.63. The number of hydrogen-bond acceptors (Lipinski definition) is 5. The summed E-state index contributed by atoms with van der Waals surface area (Å²) in [5.41, 5.74) is 4.85. The first-order valence-electron chi connectivity index (χ1n) is 9.66. The second-order valence-electron chi connectivity index (χ2n) is 7.07. The number of fused-ring (bicyclic) bond motifs is 1. The summed E-state index contributed by atoms with van der Waals surface area (Å²) in [6.07, 6.45) is 9.11. The number of anilines is 2. The third-order valence-electron chi connectivity index (χ3n) is 4.95. The summed E-state index contributed by atoms with van der Waals surface area (Å²) in [6, 6.07) is 12.1.